The Morgan fingerprint density at radius 1 is 1.03 bits per heavy atom. The van der Waals surface area contributed by atoms with Gasteiger partial charge in [0.2, 0.25) is 0 Å². The van der Waals surface area contributed by atoms with Gasteiger partial charge in [0.25, 0.3) is 0 Å². The highest BCUT2D eigenvalue weighted by Crippen LogP contribution is 2.33. The van der Waals surface area contributed by atoms with E-state index >= 15 is 0 Å². The molecule has 0 radical (unpaired) electrons. The summed E-state index contributed by atoms with van der Waals surface area (Å²) >= 11 is 1.46. The van der Waals surface area contributed by atoms with Crippen molar-refractivity contribution in [2.24, 2.45) is 10.2 Å². The number of aliphatic hydroxyl groups excluding tert-OH is 1. The molecule has 0 aliphatic rings. The first-order valence-corrected chi connectivity index (χ1v) is 10.3. The number of aliphatic hydroxyl groups is 1. The number of halogens is 3. The number of amides is 4. The van der Waals surface area contributed by atoms with E-state index in [0.29, 0.717) is 17.0 Å². The Balaban J connectivity index is 0.000000368. The number of urea groups is 2. The van der Waals surface area contributed by atoms with Crippen molar-refractivity contribution in [3.63, 3.8) is 0 Å². The molecule has 1 aromatic heterocycles. The Labute approximate surface area is 188 Å². The van der Waals surface area contributed by atoms with Crippen LogP contribution < -0.4 is 0 Å². The minimum Gasteiger partial charge on any atom is -0.396 e. The third-order valence-corrected chi connectivity index (χ3v) is 5.17. The number of carbonyl (C=O) groups is 2. The quantitative estimate of drug-likeness (QED) is 0.641. The molecule has 1 heterocycles. The number of hydrogen-bond donors (Lipinski definition) is 1. The van der Waals surface area contributed by atoms with Gasteiger partial charge in [0, 0.05) is 45.2 Å². The Bertz CT molecular complexity index is 904. The molecule has 2 rings (SSSR count). The van der Waals surface area contributed by atoms with E-state index in [1.165, 1.54) is 61.5 Å². The first kappa shape index (κ1) is 27.2. The zero-order valence-corrected chi connectivity index (χ0v) is 19.3. The number of carbonyl (C=O) groups excluding carboxylic acids is 2. The fourth-order valence-corrected chi connectivity index (χ4v) is 3.20. The van der Waals surface area contributed by atoms with Crippen molar-refractivity contribution in [1.29, 1.82) is 0 Å². The van der Waals surface area contributed by atoms with Crippen LogP contribution in [0.5, 0.6) is 0 Å². The number of thiazole rings is 1. The van der Waals surface area contributed by atoms with E-state index in [0.717, 1.165) is 29.1 Å². The lowest BCUT2D eigenvalue weighted by Crippen LogP contribution is -2.20. The summed E-state index contributed by atoms with van der Waals surface area (Å²) in [5, 5.41) is 15.9. The minimum absolute atomic E-state index is 0.118. The average Bonchev–Trinajstić information content (AvgIpc) is 3.10. The summed E-state index contributed by atoms with van der Waals surface area (Å²) in [6.07, 6.45) is -2.92. The zero-order chi connectivity index (χ0) is 24.5. The highest BCUT2D eigenvalue weighted by molar-refractivity contribution is 7.15. The Morgan fingerprint density at radius 2 is 1.53 bits per heavy atom. The predicted octanol–water partition coefficient (Wildman–Crippen LogP) is 4.86. The molecule has 2 aromatic rings. The van der Waals surface area contributed by atoms with E-state index in [2.05, 4.69) is 15.2 Å². The Hall–Kier alpha value is -2.86. The summed E-state index contributed by atoms with van der Waals surface area (Å²) in [5.74, 6) is 0. The molecule has 1 N–H and O–H groups in total. The van der Waals surface area contributed by atoms with Gasteiger partial charge in [0.1, 0.15) is 5.01 Å². The molecule has 176 valence electrons. The summed E-state index contributed by atoms with van der Waals surface area (Å²) in [6, 6.07) is 3.92. The number of nitrogens with zero attached hydrogens (tertiary/aromatic N) is 5. The second-order valence-corrected chi connectivity index (χ2v) is 8.07. The van der Waals surface area contributed by atoms with Crippen molar-refractivity contribution < 1.29 is 27.9 Å². The molecule has 32 heavy (non-hydrogen) atoms. The zero-order valence-electron chi connectivity index (χ0n) is 18.5. The van der Waals surface area contributed by atoms with Crippen molar-refractivity contribution in [2.75, 3.05) is 34.8 Å². The number of benzene rings is 1. The van der Waals surface area contributed by atoms with Crippen molar-refractivity contribution >= 4 is 23.4 Å². The predicted molar refractivity (Wildman–Crippen MR) is 116 cm³/mol. The van der Waals surface area contributed by atoms with Gasteiger partial charge < -0.3 is 14.9 Å². The van der Waals surface area contributed by atoms with Gasteiger partial charge in [-0.2, -0.15) is 13.2 Å². The van der Waals surface area contributed by atoms with E-state index in [1.807, 2.05) is 6.92 Å². The van der Waals surface area contributed by atoms with E-state index in [-0.39, 0.29) is 6.61 Å². The van der Waals surface area contributed by atoms with Gasteiger partial charge >= 0.3 is 18.2 Å². The summed E-state index contributed by atoms with van der Waals surface area (Å²) in [7, 11) is 6.12. The van der Waals surface area contributed by atoms with Gasteiger partial charge in [-0.15, -0.1) is 11.3 Å². The summed E-state index contributed by atoms with van der Waals surface area (Å²) in [6.45, 7) is 1.99. The Kier molecular flexibility index (Phi) is 10.4. The number of hydrogen-bond acceptors (Lipinski definition) is 5. The first-order chi connectivity index (χ1) is 14.9. The lowest BCUT2D eigenvalue weighted by molar-refractivity contribution is -0.137. The second-order valence-electron chi connectivity index (χ2n) is 6.98. The maximum atomic E-state index is 12.5. The highest BCUT2D eigenvalue weighted by Gasteiger charge is 2.30. The maximum Gasteiger partial charge on any atom is 0.416 e. The van der Waals surface area contributed by atoms with E-state index < -0.39 is 23.8 Å². The van der Waals surface area contributed by atoms with Crippen molar-refractivity contribution in [2.45, 2.75) is 25.9 Å². The van der Waals surface area contributed by atoms with Crippen LogP contribution in [-0.4, -0.2) is 66.8 Å². The van der Waals surface area contributed by atoms with Crippen LogP contribution in [0.2, 0.25) is 0 Å². The van der Waals surface area contributed by atoms with E-state index in [9.17, 15) is 22.8 Å². The molecule has 0 spiro atoms. The highest BCUT2D eigenvalue weighted by atomic mass is 32.1. The van der Waals surface area contributed by atoms with Gasteiger partial charge in [-0.05, 0) is 31.9 Å². The smallest absolute Gasteiger partial charge is 0.396 e. The molecule has 0 atom stereocenters. The van der Waals surface area contributed by atoms with Gasteiger partial charge in [0.05, 0.1) is 11.3 Å². The molecule has 0 fully saturated rings. The third-order valence-electron chi connectivity index (χ3n) is 3.90. The van der Waals surface area contributed by atoms with Crippen LogP contribution in [0.15, 0.2) is 34.5 Å². The average molecular weight is 474 g/mol. The Morgan fingerprint density at radius 3 is 1.94 bits per heavy atom. The van der Waals surface area contributed by atoms with Crippen molar-refractivity contribution in [3.8, 4) is 10.6 Å². The number of aromatic nitrogens is 1. The van der Waals surface area contributed by atoms with Crippen molar-refractivity contribution in [1.82, 2.24) is 14.8 Å². The number of rotatable bonds is 4. The fraction of sp³-hybridized carbons (Fsp3) is 0.450. The molecular weight excluding hydrogens is 447 g/mol. The van der Waals surface area contributed by atoms with Gasteiger partial charge in [0.15, 0.2) is 0 Å². The summed E-state index contributed by atoms with van der Waals surface area (Å²) in [5.41, 5.74) is 0.898. The van der Waals surface area contributed by atoms with Gasteiger partial charge in [-0.3, -0.25) is 0 Å². The van der Waals surface area contributed by atoms with Crippen LogP contribution in [0.25, 0.3) is 10.6 Å². The first-order valence-electron chi connectivity index (χ1n) is 9.46. The minimum atomic E-state index is -4.32. The van der Waals surface area contributed by atoms with Crippen LogP contribution in [0.3, 0.4) is 0 Å². The van der Waals surface area contributed by atoms with Crippen LogP contribution >= 0.6 is 11.3 Å². The van der Waals surface area contributed by atoms with Crippen LogP contribution in [-0.2, 0) is 12.6 Å². The summed E-state index contributed by atoms with van der Waals surface area (Å²) in [4.78, 5) is 29.4. The molecule has 12 heteroatoms. The lowest BCUT2D eigenvalue weighted by atomic mass is 10.1. The number of azo groups is 1. The molecule has 0 saturated heterocycles. The second kappa shape index (κ2) is 12.2. The number of aryl methyl sites for hydroxylation is 2. The molecule has 0 aliphatic heterocycles. The molecule has 0 saturated carbocycles. The summed E-state index contributed by atoms with van der Waals surface area (Å²) < 4.78 is 37.5. The SMILES string of the molecule is CN(C)C(=O)N=NC(=O)N(C)C.Cc1nc(-c2ccc(C(F)(F)F)cc2)sc1CCCO. The van der Waals surface area contributed by atoms with Gasteiger partial charge in [-0.25, -0.2) is 14.6 Å². The maximum absolute atomic E-state index is 12.5. The molecule has 8 nitrogen and oxygen atoms in total. The van der Waals surface area contributed by atoms with Crippen LogP contribution in [0, 0.1) is 6.92 Å². The standard InChI is InChI=1S/C14H14F3NOS.C6H12N4O2/c1-9-12(3-2-8-19)20-13(18-9)10-4-6-11(7-5-10)14(15,16)17;1-9(2)5(11)7-8-6(12)10(3)4/h4-7,19H,2-3,8H2,1H3;1-4H3. The van der Waals surface area contributed by atoms with Crippen molar-refractivity contribution in [3.05, 3.63) is 40.4 Å². The topological polar surface area (TPSA) is 98.5 Å². The molecule has 0 unspecified atom stereocenters. The molecule has 0 aliphatic carbocycles. The molecule has 0 bridgehead atoms. The molecule has 1 aromatic carbocycles. The monoisotopic (exact) mass is 473 g/mol. The van der Waals surface area contributed by atoms with Crippen LogP contribution in [0.4, 0.5) is 22.8 Å². The number of alkyl halides is 3. The molecular formula is C20H26F3N5O3S. The van der Waals surface area contributed by atoms with Crippen LogP contribution in [0.1, 0.15) is 22.6 Å². The lowest BCUT2D eigenvalue weighted by Gasteiger charge is -2.06. The molecule has 4 amide bonds. The fourth-order valence-electron chi connectivity index (χ4n) is 2.09. The largest absolute Gasteiger partial charge is 0.416 e. The third kappa shape index (κ3) is 8.71. The van der Waals surface area contributed by atoms with Gasteiger partial charge in [-0.1, -0.05) is 22.4 Å². The normalized spacial score (nSPS) is 11.2. The van der Waals surface area contributed by atoms with E-state index in [1.54, 1.807) is 0 Å². The van der Waals surface area contributed by atoms with E-state index in [4.69, 9.17) is 5.11 Å².